The molecule has 1 amide bonds. The van der Waals surface area contributed by atoms with Gasteiger partial charge in [-0.25, -0.2) is 8.42 Å². The van der Waals surface area contributed by atoms with Gasteiger partial charge >= 0.3 is 5.97 Å². The number of hydrogen-bond acceptors (Lipinski definition) is 4. The van der Waals surface area contributed by atoms with Gasteiger partial charge < -0.3 is 10.4 Å². The predicted octanol–water partition coefficient (Wildman–Crippen LogP) is 1.46. The lowest BCUT2D eigenvalue weighted by molar-refractivity contribution is -0.143. The van der Waals surface area contributed by atoms with Gasteiger partial charge in [-0.3, -0.25) is 9.59 Å². The Bertz CT molecular complexity index is 763. The molecule has 0 spiro atoms. The average molecular weight is 366 g/mol. The molecular formula is C17H22N2O5S. The minimum Gasteiger partial charge on any atom is -0.481 e. The molecule has 0 atom stereocenters. The Kier molecular flexibility index (Phi) is 4.83. The number of carboxylic acid groups (broad SMARTS) is 1. The third kappa shape index (κ3) is 3.69. The number of piperidine rings is 1. The third-order valence-corrected chi connectivity index (χ3v) is 6.88. The molecule has 1 aromatic carbocycles. The van der Waals surface area contributed by atoms with Crippen LogP contribution in [0.15, 0.2) is 29.2 Å². The van der Waals surface area contributed by atoms with Crippen LogP contribution in [0.3, 0.4) is 0 Å². The van der Waals surface area contributed by atoms with Crippen molar-refractivity contribution in [2.45, 2.75) is 37.0 Å². The Morgan fingerprint density at radius 2 is 1.68 bits per heavy atom. The molecule has 2 N–H and O–H groups in total. The van der Waals surface area contributed by atoms with Crippen LogP contribution in [0.4, 0.5) is 0 Å². The highest BCUT2D eigenvalue weighted by Gasteiger charge is 2.50. The number of rotatable bonds is 6. The van der Waals surface area contributed by atoms with Gasteiger partial charge in [0.2, 0.25) is 10.0 Å². The molecule has 1 heterocycles. The van der Waals surface area contributed by atoms with Crippen LogP contribution >= 0.6 is 0 Å². The van der Waals surface area contributed by atoms with Gasteiger partial charge in [-0.15, -0.1) is 0 Å². The van der Waals surface area contributed by atoms with Gasteiger partial charge in [-0.1, -0.05) is 6.42 Å². The van der Waals surface area contributed by atoms with Crippen LogP contribution in [0.1, 0.15) is 42.5 Å². The zero-order valence-corrected chi connectivity index (χ0v) is 14.7. The molecule has 0 unspecified atom stereocenters. The van der Waals surface area contributed by atoms with Gasteiger partial charge in [0.25, 0.3) is 5.91 Å². The lowest BCUT2D eigenvalue weighted by Gasteiger charge is -2.25. The van der Waals surface area contributed by atoms with Crippen LogP contribution in [0.2, 0.25) is 0 Å². The van der Waals surface area contributed by atoms with Gasteiger partial charge in [0.1, 0.15) is 0 Å². The van der Waals surface area contributed by atoms with Crippen molar-refractivity contribution in [2.24, 2.45) is 5.41 Å². The lowest BCUT2D eigenvalue weighted by Crippen LogP contribution is -2.35. The Labute approximate surface area is 147 Å². The number of carbonyl (C=O) groups is 2. The molecule has 1 saturated heterocycles. The largest absolute Gasteiger partial charge is 0.481 e. The Morgan fingerprint density at radius 1 is 1.08 bits per heavy atom. The molecule has 8 heteroatoms. The van der Waals surface area contributed by atoms with Crippen molar-refractivity contribution in [3.63, 3.8) is 0 Å². The van der Waals surface area contributed by atoms with Gasteiger partial charge in [0.05, 0.1) is 10.3 Å². The zero-order valence-electron chi connectivity index (χ0n) is 13.9. The molecule has 0 bridgehead atoms. The second-order valence-electron chi connectivity index (χ2n) is 6.76. The molecule has 1 aliphatic carbocycles. The number of benzene rings is 1. The van der Waals surface area contributed by atoms with Crippen LogP contribution in [0.5, 0.6) is 0 Å². The topological polar surface area (TPSA) is 104 Å². The van der Waals surface area contributed by atoms with Crippen LogP contribution in [-0.2, 0) is 14.8 Å². The van der Waals surface area contributed by atoms with Gasteiger partial charge in [0.15, 0.2) is 0 Å². The van der Waals surface area contributed by atoms with Crippen molar-refractivity contribution in [1.82, 2.24) is 9.62 Å². The highest BCUT2D eigenvalue weighted by Crippen LogP contribution is 2.45. The maximum absolute atomic E-state index is 12.6. The zero-order chi connectivity index (χ0) is 18.1. The minimum absolute atomic E-state index is 0.0923. The fourth-order valence-electron chi connectivity index (χ4n) is 3.00. The molecule has 136 valence electrons. The standard InChI is InChI=1S/C17H22N2O5S/c20-15(18-12-17(8-9-17)16(21)22)13-4-6-14(7-5-13)25(23,24)19-10-2-1-3-11-19/h4-7H,1-3,8-12H2,(H,18,20)(H,21,22). The van der Waals surface area contributed by atoms with Crippen molar-refractivity contribution in [1.29, 1.82) is 0 Å². The fraction of sp³-hybridized carbons (Fsp3) is 0.529. The summed E-state index contributed by atoms with van der Waals surface area (Å²) in [4.78, 5) is 23.4. The van der Waals surface area contributed by atoms with E-state index >= 15 is 0 Å². The summed E-state index contributed by atoms with van der Waals surface area (Å²) in [6.45, 7) is 1.15. The number of carboxylic acids is 1. The Hall–Kier alpha value is -1.93. The van der Waals surface area contributed by atoms with E-state index in [1.807, 2.05) is 0 Å². The van der Waals surface area contributed by atoms with Crippen LogP contribution in [0.25, 0.3) is 0 Å². The predicted molar refractivity (Wildman–Crippen MR) is 90.7 cm³/mol. The van der Waals surface area contributed by atoms with E-state index in [2.05, 4.69) is 5.32 Å². The van der Waals surface area contributed by atoms with Crippen LogP contribution < -0.4 is 5.32 Å². The van der Waals surface area contributed by atoms with Crippen molar-refractivity contribution < 1.29 is 23.1 Å². The molecule has 2 aliphatic rings. The summed E-state index contributed by atoms with van der Waals surface area (Å²) in [5.41, 5.74) is -0.508. The third-order valence-electron chi connectivity index (χ3n) is 4.96. The lowest BCUT2D eigenvalue weighted by atomic mass is 10.1. The number of amides is 1. The number of nitrogens with one attached hydrogen (secondary N) is 1. The molecule has 7 nitrogen and oxygen atoms in total. The van der Waals surface area contributed by atoms with Crippen molar-refractivity contribution >= 4 is 21.9 Å². The minimum atomic E-state index is -3.52. The SMILES string of the molecule is O=C(NCC1(C(=O)O)CC1)c1ccc(S(=O)(=O)N2CCCCC2)cc1. The average Bonchev–Trinajstić information content (AvgIpc) is 3.42. The van der Waals surface area contributed by atoms with E-state index in [1.165, 1.54) is 28.6 Å². The highest BCUT2D eigenvalue weighted by atomic mass is 32.2. The number of nitrogens with zero attached hydrogens (tertiary/aromatic N) is 1. The first-order chi connectivity index (χ1) is 11.8. The quantitative estimate of drug-likeness (QED) is 0.793. The number of carbonyl (C=O) groups excluding carboxylic acids is 1. The van der Waals surface area contributed by atoms with Gasteiger partial charge in [0, 0.05) is 25.2 Å². The summed E-state index contributed by atoms with van der Waals surface area (Å²) in [5, 5.41) is 11.7. The van der Waals surface area contributed by atoms with E-state index in [9.17, 15) is 18.0 Å². The molecule has 0 aromatic heterocycles. The Balaban J connectivity index is 1.65. The maximum Gasteiger partial charge on any atom is 0.311 e. The number of sulfonamides is 1. The summed E-state index contributed by atoms with van der Waals surface area (Å²) < 4.78 is 26.6. The van der Waals surface area contributed by atoms with E-state index in [0.717, 1.165) is 19.3 Å². The summed E-state index contributed by atoms with van der Waals surface area (Å²) in [6.07, 6.45) is 3.91. The summed E-state index contributed by atoms with van der Waals surface area (Å²) in [6, 6.07) is 5.80. The molecule has 1 saturated carbocycles. The summed E-state index contributed by atoms with van der Waals surface area (Å²) in [5.74, 6) is -1.29. The van der Waals surface area contributed by atoms with E-state index in [4.69, 9.17) is 5.11 Å². The van der Waals surface area contributed by atoms with E-state index in [-0.39, 0.29) is 11.4 Å². The second kappa shape index (κ2) is 6.76. The summed E-state index contributed by atoms with van der Waals surface area (Å²) in [7, 11) is -3.52. The van der Waals surface area contributed by atoms with Crippen molar-refractivity contribution in [3.05, 3.63) is 29.8 Å². The fourth-order valence-corrected chi connectivity index (χ4v) is 4.52. The second-order valence-corrected chi connectivity index (χ2v) is 8.70. The molecule has 1 aromatic rings. The molecular weight excluding hydrogens is 344 g/mol. The van der Waals surface area contributed by atoms with E-state index in [1.54, 1.807) is 0 Å². The van der Waals surface area contributed by atoms with Crippen LogP contribution in [-0.4, -0.2) is 49.3 Å². The Morgan fingerprint density at radius 3 is 2.20 bits per heavy atom. The molecule has 0 radical (unpaired) electrons. The normalized spacial score (nSPS) is 20.0. The van der Waals surface area contributed by atoms with Crippen molar-refractivity contribution in [3.8, 4) is 0 Å². The smallest absolute Gasteiger partial charge is 0.311 e. The van der Waals surface area contributed by atoms with Gasteiger partial charge in [-0.2, -0.15) is 4.31 Å². The molecule has 1 aliphatic heterocycles. The first kappa shape index (κ1) is 17.9. The summed E-state index contributed by atoms with van der Waals surface area (Å²) >= 11 is 0. The first-order valence-corrected chi connectivity index (χ1v) is 9.91. The van der Waals surface area contributed by atoms with Crippen molar-refractivity contribution in [2.75, 3.05) is 19.6 Å². The highest BCUT2D eigenvalue weighted by molar-refractivity contribution is 7.89. The van der Waals surface area contributed by atoms with E-state index in [0.29, 0.717) is 31.5 Å². The maximum atomic E-state index is 12.6. The first-order valence-electron chi connectivity index (χ1n) is 8.47. The number of aliphatic carboxylic acids is 1. The van der Waals surface area contributed by atoms with Gasteiger partial charge in [-0.05, 0) is 49.9 Å². The monoisotopic (exact) mass is 366 g/mol. The number of hydrogen-bond donors (Lipinski definition) is 2. The molecule has 3 rings (SSSR count). The van der Waals surface area contributed by atoms with E-state index < -0.39 is 27.3 Å². The molecule has 2 fully saturated rings. The molecule has 25 heavy (non-hydrogen) atoms. The van der Waals surface area contributed by atoms with Crippen LogP contribution in [0, 0.1) is 5.41 Å².